The number of rotatable bonds is 5. The highest BCUT2D eigenvalue weighted by atomic mass is 19.1. The first kappa shape index (κ1) is 17.4. The molecule has 2 rings (SSSR count). The minimum atomic E-state index is -0.592. The van der Waals surface area contributed by atoms with Crippen molar-refractivity contribution in [3.05, 3.63) is 35.4 Å². The average molecular weight is 324 g/mol. The molecule has 1 atom stereocenters. The number of benzene rings is 1. The van der Waals surface area contributed by atoms with Crippen LogP contribution in [0.4, 0.5) is 8.78 Å². The molecule has 2 amide bonds. The molecule has 0 heterocycles. The van der Waals surface area contributed by atoms with Crippen LogP contribution < -0.4 is 10.6 Å². The third kappa shape index (κ3) is 4.74. The van der Waals surface area contributed by atoms with Gasteiger partial charge in [-0.05, 0) is 37.0 Å². The summed E-state index contributed by atoms with van der Waals surface area (Å²) in [5.41, 5.74) is -0.437. The van der Waals surface area contributed by atoms with Crippen molar-refractivity contribution >= 4 is 11.8 Å². The maximum absolute atomic E-state index is 13.9. The van der Waals surface area contributed by atoms with Crippen LogP contribution in [0.1, 0.15) is 45.2 Å². The van der Waals surface area contributed by atoms with Gasteiger partial charge in [0.1, 0.15) is 11.6 Å². The quantitative estimate of drug-likeness (QED) is 0.875. The van der Waals surface area contributed by atoms with Crippen LogP contribution in [0.2, 0.25) is 0 Å². The van der Waals surface area contributed by atoms with Gasteiger partial charge >= 0.3 is 0 Å². The van der Waals surface area contributed by atoms with Gasteiger partial charge in [-0.2, -0.15) is 0 Å². The molecule has 0 radical (unpaired) electrons. The summed E-state index contributed by atoms with van der Waals surface area (Å²) in [6, 6.07) is 2.67. The molecule has 0 spiro atoms. The summed E-state index contributed by atoms with van der Waals surface area (Å²) in [5, 5.41) is 5.26. The number of hydrogen-bond donors (Lipinski definition) is 2. The smallest absolute Gasteiger partial charge is 0.239 e. The Labute approximate surface area is 134 Å². The molecule has 0 saturated heterocycles. The van der Waals surface area contributed by atoms with E-state index in [0.29, 0.717) is 0 Å². The lowest BCUT2D eigenvalue weighted by atomic mass is 9.96. The lowest BCUT2D eigenvalue weighted by Gasteiger charge is -2.21. The SMILES string of the molecule is CC(C)(C)C(=O)NCC(=O)N[C@@H](c1cc(F)ccc1F)C1CC1. The molecule has 2 N–H and O–H groups in total. The minimum absolute atomic E-state index is 0.105. The van der Waals surface area contributed by atoms with Crippen LogP contribution in [-0.4, -0.2) is 18.4 Å². The molecular weight excluding hydrogens is 302 g/mol. The number of carbonyl (C=O) groups excluding carboxylic acids is 2. The van der Waals surface area contributed by atoms with Crippen molar-refractivity contribution in [1.29, 1.82) is 0 Å². The Morgan fingerprint density at radius 3 is 2.48 bits per heavy atom. The fraction of sp³-hybridized carbons (Fsp3) is 0.529. The van der Waals surface area contributed by atoms with Gasteiger partial charge < -0.3 is 10.6 Å². The topological polar surface area (TPSA) is 58.2 Å². The summed E-state index contributed by atoms with van der Waals surface area (Å²) < 4.78 is 27.3. The molecule has 4 nitrogen and oxygen atoms in total. The second-order valence-corrected chi connectivity index (χ2v) is 6.98. The molecule has 1 fully saturated rings. The van der Waals surface area contributed by atoms with E-state index in [1.807, 2.05) is 0 Å². The molecule has 23 heavy (non-hydrogen) atoms. The lowest BCUT2D eigenvalue weighted by molar-refractivity contribution is -0.131. The highest BCUT2D eigenvalue weighted by Crippen LogP contribution is 2.41. The molecule has 1 aliphatic rings. The molecule has 1 aromatic rings. The van der Waals surface area contributed by atoms with Crippen LogP contribution in [0.5, 0.6) is 0 Å². The van der Waals surface area contributed by atoms with Gasteiger partial charge in [0.15, 0.2) is 0 Å². The fourth-order valence-electron chi connectivity index (χ4n) is 2.28. The van der Waals surface area contributed by atoms with E-state index in [1.165, 1.54) is 0 Å². The van der Waals surface area contributed by atoms with Crippen molar-refractivity contribution < 1.29 is 18.4 Å². The van der Waals surface area contributed by atoms with Crippen LogP contribution in [0, 0.1) is 23.0 Å². The van der Waals surface area contributed by atoms with Crippen molar-refractivity contribution in [3.63, 3.8) is 0 Å². The van der Waals surface area contributed by atoms with Gasteiger partial charge in [-0.1, -0.05) is 20.8 Å². The van der Waals surface area contributed by atoms with Crippen molar-refractivity contribution in [2.24, 2.45) is 11.3 Å². The Morgan fingerprint density at radius 2 is 1.91 bits per heavy atom. The first-order chi connectivity index (χ1) is 10.7. The summed E-state index contributed by atoms with van der Waals surface area (Å²) in [6.07, 6.45) is 1.71. The summed E-state index contributed by atoms with van der Waals surface area (Å²) >= 11 is 0. The molecule has 0 bridgehead atoms. The summed E-state index contributed by atoms with van der Waals surface area (Å²) in [6.45, 7) is 5.05. The van der Waals surface area contributed by atoms with E-state index >= 15 is 0 Å². The fourth-order valence-corrected chi connectivity index (χ4v) is 2.28. The maximum atomic E-state index is 13.9. The van der Waals surface area contributed by atoms with Gasteiger partial charge in [-0.3, -0.25) is 9.59 Å². The second-order valence-electron chi connectivity index (χ2n) is 6.98. The Hall–Kier alpha value is -1.98. The molecule has 1 aromatic carbocycles. The Balaban J connectivity index is 2.01. The van der Waals surface area contributed by atoms with Gasteiger partial charge in [0.05, 0.1) is 12.6 Å². The number of nitrogens with one attached hydrogen (secondary N) is 2. The van der Waals surface area contributed by atoms with E-state index in [9.17, 15) is 18.4 Å². The predicted molar refractivity (Wildman–Crippen MR) is 82.4 cm³/mol. The number of halogens is 2. The summed E-state index contributed by atoms with van der Waals surface area (Å²) in [5.74, 6) is -1.63. The second kappa shape index (κ2) is 6.64. The molecule has 0 aromatic heterocycles. The minimum Gasteiger partial charge on any atom is -0.347 e. The standard InChI is InChI=1S/C17H22F2N2O2/c1-17(2,3)16(23)20-9-14(22)21-15(10-4-5-10)12-8-11(18)6-7-13(12)19/h6-8,10,15H,4-5,9H2,1-3H3,(H,20,23)(H,21,22)/t15-/m1/s1. The number of hydrogen-bond acceptors (Lipinski definition) is 2. The van der Waals surface area contributed by atoms with Crippen LogP contribution in [0.25, 0.3) is 0 Å². The van der Waals surface area contributed by atoms with Gasteiger partial charge in [-0.25, -0.2) is 8.78 Å². The van der Waals surface area contributed by atoms with Crippen LogP contribution in [0.15, 0.2) is 18.2 Å². The van der Waals surface area contributed by atoms with Gasteiger partial charge in [0.25, 0.3) is 0 Å². The maximum Gasteiger partial charge on any atom is 0.239 e. The molecule has 0 unspecified atom stereocenters. The van der Waals surface area contributed by atoms with Crippen molar-refractivity contribution in [3.8, 4) is 0 Å². The number of amides is 2. The Bertz CT molecular complexity index is 607. The largest absolute Gasteiger partial charge is 0.347 e. The van der Waals surface area contributed by atoms with Crippen LogP contribution >= 0.6 is 0 Å². The van der Waals surface area contributed by atoms with Crippen molar-refractivity contribution in [1.82, 2.24) is 10.6 Å². The average Bonchev–Trinajstić information content (AvgIpc) is 3.28. The summed E-state index contributed by atoms with van der Waals surface area (Å²) in [4.78, 5) is 23.8. The van der Waals surface area contributed by atoms with Crippen molar-refractivity contribution in [2.75, 3.05) is 6.54 Å². The van der Waals surface area contributed by atoms with Crippen molar-refractivity contribution in [2.45, 2.75) is 39.7 Å². The van der Waals surface area contributed by atoms with E-state index < -0.39 is 29.0 Å². The first-order valence-corrected chi connectivity index (χ1v) is 7.71. The van der Waals surface area contributed by atoms with E-state index in [-0.39, 0.29) is 23.9 Å². The monoisotopic (exact) mass is 324 g/mol. The van der Waals surface area contributed by atoms with Gasteiger partial charge in [-0.15, -0.1) is 0 Å². The Morgan fingerprint density at radius 1 is 1.26 bits per heavy atom. The highest BCUT2D eigenvalue weighted by molar-refractivity contribution is 5.87. The predicted octanol–water partition coefficient (Wildman–Crippen LogP) is 2.69. The third-order valence-electron chi connectivity index (χ3n) is 3.79. The van der Waals surface area contributed by atoms with Crippen LogP contribution in [-0.2, 0) is 9.59 Å². The molecule has 126 valence electrons. The zero-order valence-electron chi connectivity index (χ0n) is 13.6. The third-order valence-corrected chi connectivity index (χ3v) is 3.79. The first-order valence-electron chi connectivity index (χ1n) is 7.71. The molecular formula is C17H22F2N2O2. The van der Waals surface area contributed by atoms with E-state index in [4.69, 9.17) is 0 Å². The molecule has 1 aliphatic carbocycles. The van der Waals surface area contributed by atoms with E-state index in [0.717, 1.165) is 31.0 Å². The molecule has 6 heteroatoms. The zero-order chi connectivity index (χ0) is 17.2. The number of carbonyl (C=O) groups is 2. The van der Waals surface area contributed by atoms with Gasteiger partial charge in [0, 0.05) is 11.0 Å². The summed E-state index contributed by atoms with van der Waals surface area (Å²) in [7, 11) is 0. The Kier molecular flexibility index (Phi) is 5.02. The van der Waals surface area contributed by atoms with E-state index in [2.05, 4.69) is 10.6 Å². The lowest BCUT2D eigenvalue weighted by Crippen LogP contribution is -2.43. The molecule has 1 saturated carbocycles. The normalized spacial score (nSPS) is 15.9. The zero-order valence-corrected chi connectivity index (χ0v) is 13.6. The molecule has 0 aliphatic heterocycles. The van der Waals surface area contributed by atoms with Gasteiger partial charge in [0.2, 0.25) is 11.8 Å². The highest BCUT2D eigenvalue weighted by Gasteiger charge is 2.35. The van der Waals surface area contributed by atoms with Crippen LogP contribution in [0.3, 0.4) is 0 Å². The van der Waals surface area contributed by atoms with E-state index in [1.54, 1.807) is 20.8 Å².